The highest BCUT2D eigenvalue weighted by Crippen LogP contribution is 2.07. The molecule has 0 radical (unpaired) electrons. The molecule has 0 heterocycles. The fourth-order valence-electron chi connectivity index (χ4n) is 1.88. The van der Waals surface area contributed by atoms with Gasteiger partial charge in [-0.15, -0.1) is 0 Å². The van der Waals surface area contributed by atoms with Crippen LogP contribution in [0, 0.1) is 18.7 Å². The average molecular weight is 252 g/mol. The smallest absolute Gasteiger partial charge is 0.123 e. The van der Waals surface area contributed by atoms with Crippen molar-refractivity contribution in [2.24, 2.45) is 5.92 Å². The Balaban J connectivity index is 2.10. The summed E-state index contributed by atoms with van der Waals surface area (Å²) in [5.41, 5.74) is 1.99. The Morgan fingerprint density at radius 3 is 2.50 bits per heavy atom. The Labute approximate surface area is 110 Å². The summed E-state index contributed by atoms with van der Waals surface area (Å²) in [4.78, 5) is 0. The van der Waals surface area contributed by atoms with E-state index in [0.717, 1.165) is 43.7 Å². The maximum absolute atomic E-state index is 13.1. The second-order valence-corrected chi connectivity index (χ2v) is 5.27. The van der Waals surface area contributed by atoms with Gasteiger partial charge in [0, 0.05) is 6.54 Å². The molecule has 0 saturated carbocycles. The molecule has 0 spiro atoms. The average Bonchev–Trinajstić information content (AvgIpc) is 2.26. The summed E-state index contributed by atoms with van der Waals surface area (Å²) in [6.07, 6.45) is 1.10. The largest absolute Gasteiger partial charge is 0.316 e. The van der Waals surface area contributed by atoms with Gasteiger partial charge in [0.2, 0.25) is 0 Å². The van der Waals surface area contributed by atoms with Gasteiger partial charge in [0.25, 0.3) is 0 Å². The number of hydrogen-bond acceptors (Lipinski definition) is 2. The van der Waals surface area contributed by atoms with Crippen molar-refractivity contribution in [1.82, 2.24) is 10.6 Å². The molecule has 2 N–H and O–H groups in total. The summed E-state index contributed by atoms with van der Waals surface area (Å²) in [7, 11) is 0. The van der Waals surface area contributed by atoms with Crippen molar-refractivity contribution in [3.63, 3.8) is 0 Å². The first kappa shape index (κ1) is 15.1. The number of rotatable bonds is 8. The molecule has 0 unspecified atom stereocenters. The van der Waals surface area contributed by atoms with Crippen LogP contribution < -0.4 is 10.6 Å². The van der Waals surface area contributed by atoms with E-state index in [1.54, 1.807) is 12.1 Å². The molecule has 3 heteroatoms. The van der Waals surface area contributed by atoms with Crippen LogP contribution in [0.2, 0.25) is 0 Å². The lowest BCUT2D eigenvalue weighted by Crippen LogP contribution is -2.24. The molecule has 0 bridgehead atoms. The zero-order valence-electron chi connectivity index (χ0n) is 11.7. The van der Waals surface area contributed by atoms with Gasteiger partial charge in [0.1, 0.15) is 5.82 Å². The third kappa shape index (κ3) is 6.72. The van der Waals surface area contributed by atoms with E-state index in [-0.39, 0.29) is 5.82 Å². The van der Waals surface area contributed by atoms with E-state index in [0.29, 0.717) is 5.92 Å². The molecule has 0 fully saturated rings. The quantitative estimate of drug-likeness (QED) is 0.695. The molecule has 102 valence electrons. The third-order valence-electron chi connectivity index (χ3n) is 2.69. The minimum atomic E-state index is -0.148. The Morgan fingerprint density at radius 1 is 1.11 bits per heavy atom. The lowest BCUT2D eigenvalue weighted by Gasteiger charge is -2.08. The number of halogens is 1. The molecule has 1 aromatic rings. The van der Waals surface area contributed by atoms with Crippen LogP contribution in [0.25, 0.3) is 0 Å². The maximum Gasteiger partial charge on any atom is 0.123 e. The van der Waals surface area contributed by atoms with Crippen molar-refractivity contribution < 1.29 is 4.39 Å². The topological polar surface area (TPSA) is 24.1 Å². The molecule has 0 amide bonds. The van der Waals surface area contributed by atoms with Crippen molar-refractivity contribution >= 4 is 0 Å². The molecule has 18 heavy (non-hydrogen) atoms. The van der Waals surface area contributed by atoms with Crippen LogP contribution in [0.5, 0.6) is 0 Å². The van der Waals surface area contributed by atoms with Crippen molar-refractivity contribution in [3.05, 3.63) is 35.1 Å². The SMILES string of the molecule is Cc1cc(F)cc(CNCCCNCC(C)C)c1. The highest BCUT2D eigenvalue weighted by atomic mass is 19.1. The Kier molecular flexibility index (Phi) is 6.91. The van der Waals surface area contributed by atoms with Gasteiger partial charge < -0.3 is 10.6 Å². The van der Waals surface area contributed by atoms with E-state index in [9.17, 15) is 4.39 Å². The van der Waals surface area contributed by atoms with Gasteiger partial charge >= 0.3 is 0 Å². The van der Waals surface area contributed by atoms with E-state index in [4.69, 9.17) is 0 Å². The van der Waals surface area contributed by atoms with Crippen molar-refractivity contribution in [3.8, 4) is 0 Å². The number of hydrogen-bond donors (Lipinski definition) is 2. The summed E-state index contributed by atoms with van der Waals surface area (Å²) < 4.78 is 13.1. The monoisotopic (exact) mass is 252 g/mol. The molecule has 0 atom stereocenters. The zero-order valence-corrected chi connectivity index (χ0v) is 11.7. The molecule has 0 aliphatic carbocycles. The van der Waals surface area contributed by atoms with Gasteiger partial charge in [0.05, 0.1) is 0 Å². The van der Waals surface area contributed by atoms with E-state index < -0.39 is 0 Å². The molecular formula is C15H25FN2. The van der Waals surface area contributed by atoms with Crippen molar-refractivity contribution in [1.29, 1.82) is 0 Å². The summed E-state index contributed by atoms with van der Waals surface area (Å²) in [6, 6.07) is 5.17. The predicted molar refractivity (Wildman–Crippen MR) is 75.2 cm³/mol. The van der Waals surface area contributed by atoms with E-state index >= 15 is 0 Å². The Bertz CT molecular complexity index is 330. The number of nitrogens with one attached hydrogen (secondary N) is 2. The fourth-order valence-corrected chi connectivity index (χ4v) is 1.88. The van der Waals surface area contributed by atoms with Crippen LogP contribution in [0.3, 0.4) is 0 Å². The van der Waals surface area contributed by atoms with Crippen molar-refractivity contribution in [2.75, 3.05) is 19.6 Å². The van der Waals surface area contributed by atoms with Gasteiger partial charge in [-0.3, -0.25) is 0 Å². The molecule has 1 rings (SSSR count). The molecule has 0 aromatic heterocycles. The highest BCUT2D eigenvalue weighted by molar-refractivity contribution is 5.23. The first-order valence-corrected chi connectivity index (χ1v) is 6.75. The summed E-state index contributed by atoms with van der Waals surface area (Å²) in [5, 5.41) is 6.74. The van der Waals surface area contributed by atoms with E-state index in [1.807, 2.05) is 13.0 Å². The predicted octanol–water partition coefficient (Wildman–Crippen LogP) is 2.86. The molecule has 0 saturated heterocycles. The molecule has 1 aromatic carbocycles. The zero-order chi connectivity index (χ0) is 13.4. The van der Waals surface area contributed by atoms with Gasteiger partial charge in [0.15, 0.2) is 0 Å². The second-order valence-electron chi connectivity index (χ2n) is 5.27. The fraction of sp³-hybridized carbons (Fsp3) is 0.600. The van der Waals surface area contributed by atoms with Crippen LogP contribution >= 0.6 is 0 Å². The van der Waals surface area contributed by atoms with Gasteiger partial charge in [-0.25, -0.2) is 4.39 Å². The molecule has 0 aliphatic heterocycles. The van der Waals surface area contributed by atoms with Crippen LogP contribution in [0.4, 0.5) is 4.39 Å². The molecule has 2 nitrogen and oxygen atoms in total. The minimum absolute atomic E-state index is 0.148. The van der Waals surface area contributed by atoms with Gasteiger partial charge in [-0.1, -0.05) is 19.9 Å². The maximum atomic E-state index is 13.1. The Hall–Kier alpha value is -0.930. The molecule has 0 aliphatic rings. The van der Waals surface area contributed by atoms with Crippen LogP contribution in [-0.2, 0) is 6.54 Å². The molecular weight excluding hydrogens is 227 g/mol. The number of benzene rings is 1. The third-order valence-corrected chi connectivity index (χ3v) is 2.69. The summed E-state index contributed by atoms with van der Waals surface area (Å²) >= 11 is 0. The number of aryl methyl sites for hydroxylation is 1. The Morgan fingerprint density at radius 2 is 1.83 bits per heavy atom. The lowest BCUT2D eigenvalue weighted by atomic mass is 10.1. The van der Waals surface area contributed by atoms with Crippen LogP contribution in [-0.4, -0.2) is 19.6 Å². The van der Waals surface area contributed by atoms with E-state index in [1.165, 1.54) is 0 Å². The van der Waals surface area contributed by atoms with Gasteiger partial charge in [-0.2, -0.15) is 0 Å². The van der Waals surface area contributed by atoms with E-state index in [2.05, 4.69) is 24.5 Å². The normalized spacial score (nSPS) is 11.2. The van der Waals surface area contributed by atoms with Gasteiger partial charge in [-0.05, 0) is 62.2 Å². The first-order valence-electron chi connectivity index (χ1n) is 6.75. The minimum Gasteiger partial charge on any atom is -0.316 e. The standard InChI is InChI=1S/C15H25FN2/c1-12(2)10-17-5-4-6-18-11-14-7-13(3)8-15(16)9-14/h7-9,12,17-18H,4-6,10-11H2,1-3H3. The van der Waals surface area contributed by atoms with Crippen molar-refractivity contribution in [2.45, 2.75) is 33.7 Å². The van der Waals surface area contributed by atoms with Crippen LogP contribution in [0.1, 0.15) is 31.4 Å². The first-order chi connectivity index (χ1) is 8.58. The lowest BCUT2D eigenvalue weighted by molar-refractivity contribution is 0.530. The summed E-state index contributed by atoms with van der Waals surface area (Å²) in [6.45, 7) is 10.1. The summed E-state index contributed by atoms with van der Waals surface area (Å²) in [5.74, 6) is 0.554. The highest BCUT2D eigenvalue weighted by Gasteiger charge is 1.98. The van der Waals surface area contributed by atoms with Crippen LogP contribution in [0.15, 0.2) is 18.2 Å². The second kappa shape index (κ2) is 8.22.